The van der Waals surface area contributed by atoms with Gasteiger partial charge < -0.3 is 4.74 Å². The minimum absolute atomic E-state index is 0.0194. The Kier molecular flexibility index (Phi) is 2.45. The lowest BCUT2D eigenvalue weighted by molar-refractivity contribution is -0.119. The zero-order valence-electron chi connectivity index (χ0n) is 9.14. The van der Waals surface area contributed by atoms with E-state index in [9.17, 15) is 13.6 Å². The first-order chi connectivity index (χ1) is 7.51. The van der Waals surface area contributed by atoms with Crippen molar-refractivity contribution in [3.8, 4) is 5.75 Å². The summed E-state index contributed by atoms with van der Waals surface area (Å²) in [5.41, 5.74) is -0.395. The molecule has 1 aliphatic rings. The van der Waals surface area contributed by atoms with Crippen molar-refractivity contribution in [2.75, 3.05) is 7.11 Å². The number of halogens is 2. The van der Waals surface area contributed by atoms with Crippen LogP contribution in [0.5, 0.6) is 5.75 Å². The molecule has 4 heteroatoms. The Balaban J connectivity index is 2.60. The van der Waals surface area contributed by atoms with Gasteiger partial charge in [0.15, 0.2) is 11.6 Å². The number of carbonyl (C=O) groups is 1. The van der Waals surface area contributed by atoms with Gasteiger partial charge >= 0.3 is 0 Å². The summed E-state index contributed by atoms with van der Waals surface area (Å²) < 4.78 is 31.5. The van der Waals surface area contributed by atoms with Crippen molar-refractivity contribution in [3.05, 3.63) is 29.3 Å². The maximum atomic E-state index is 13.5. The number of carbonyl (C=O) groups excluding carboxylic acids is 1. The lowest BCUT2D eigenvalue weighted by Gasteiger charge is -2.16. The molecule has 0 aromatic heterocycles. The highest BCUT2D eigenvalue weighted by Gasteiger charge is 2.51. The molecule has 0 atom stereocenters. The van der Waals surface area contributed by atoms with E-state index in [1.165, 1.54) is 20.1 Å². The Morgan fingerprint density at radius 1 is 1.38 bits per heavy atom. The average molecular weight is 226 g/mol. The first-order valence-electron chi connectivity index (χ1n) is 5.06. The molecule has 0 bridgehead atoms. The Bertz CT molecular complexity index is 451. The molecule has 1 aromatic rings. The summed E-state index contributed by atoms with van der Waals surface area (Å²) in [5.74, 6) is -1.53. The van der Waals surface area contributed by atoms with Crippen molar-refractivity contribution >= 4 is 5.78 Å². The third-order valence-electron chi connectivity index (χ3n) is 3.15. The van der Waals surface area contributed by atoms with E-state index in [0.717, 1.165) is 6.07 Å². The van der Waals surface area contributed by atoms with E-state index in [2.05, 4.69) is 0 Å². The first-order valence-corrected chi connectivity index (χ1v) is 5.06. The summed E-state index contributed by atoms with van der Waals surface area (Å²) in [6.07, 6.45) is 1.25. The van der Waals surface area contributed by atoms with Crippen LogP contribution >= 0.6 is 0 Å². The molecule has 2 rings (SSSR count). The van der Waals surface area contributed by atoms with Crippen LogP contribution < -0.4 is 4.74 Å². The molecule has 16 heavy (non-hydrogen) atoms. The molecule has 0 amide bonds. The summed E-state index contributed by atoms with van der Waals surface area (Å²) in [4.78, 5) is 11.5. The number of ether oxygens (including phenoxy) is 1. The van der Waals surface area contributed by atoms with E-state index in [0.29, 0.717) is 18.4 Å². The van der Waals surface area contributed by atoms with Gasteiger partial charge in [0.2, 0.25) is 0 Å². The first kappa shape index (κ1) is 11.0. The number of hydrogen-bond donors (Lipinski definition) is 0. The number of benzene rings is 1. The van der Waals surface area contributed by atoms with Gasteiger partial charge in [-0.2, -0.15) is 0 Å². The van der Waals surface area contributed by atoms with Crippen LogP contribution in [0, 0.1) is 11.6 Å². The predicted molar refractivity (Wildman–Crippen MR) is 54.5 cm³/mol. The van der Waals surface area contributed by atoms with Gasteiger partial charge in [-0.15, -0.1) is 0 Å². The second-order valence-electron chi connectivity index (χ2n) is 4.11. The molecule has 1 fully saturated rings. The van der Waals surface area contributed by atoms with Gasteiger partial charge in [-0.05, 0) is 25.8 Å². The monoisotopic (exact) mass is 226 g/mol. The minimum Gasteiger partial charge on any atom is -0.493 e. The molecule has 1 aromatic carbocycles. The van der Waals surface area contributed by atoms with E-state index in [1.807, 2.05) is 0 Å². The SMILES string of the molecule is COc1c(F)cc(F)cc1C1(C(C)=O)CC1. The lowest BCUT2D eigenvalue weighted by Crippen LogP contribution is -2.18. The molecule has 0 aliphatic heterocycles. The van der Waals surface area contributed by atoms with Crippen molar-refractivity contribution in [2.45, 2.75) is 25.2 Å². The Morgan fingerprint density at radius 3 is 2.44 bits per heavy atom. The highest BCUT2D eigenvalue weighted by atomic mass is 19.1. The quantitative estimate of drug-likeness (QED) is 0.791. The van der Waals surface area contributed by atoms with Gasteiger partial charge in [0, 0.05) is 11.6 Å². The standard InChI is InChI=1S/C12H12F2O2/c1-7(15)12(3-4-12)9-5-8(13)6-10(14)11(9)16-2/h5-6H,3-4H2,1-2H3. The molecule has 2 nitrogen and oxygen atoms in total. The second kappa shape index (κ2) is 3.54. The van der Waals surface area contributed by atoms with Crippen molar-refractivity contribution < 1.29 is 18.3 Å². The van der Waals surface area contributed by atoms with Crippen LogP contribution in [0.4, 0.5) is 8.78 Å². The topological polar surface area (TPSA) is 26.3 Å². The Labute approximate surface area is 92.2 Å². The molecular weight excluding hydrogens is 214 g/mol. The van der Waals surface area contributed by atoms with Crippen molar-refractivity contribution in [2.24, 2.45) is 0 Å². The molecule has 86 valence electrons. The van der Waals surface area contributed by atoms with Crippen LogP contribution in [0.2, 0.25) is 0 Å². The van der Waals surface area contributed by atoms with Gasteiger partial charge in [0.25, 0.3) is 0 Å². The van der Waals surface area contributed by atoms with Crippen LogP contribution in [0.15, 0.2) is 12.1 Å². The van der Waals surface area contributed by atoms with Crippen molar-refractivity contribution in [1.29, 1.82) is 0 Å². The second-order valence-corrected chi connectivity index (χ2v) is 4.11. The van der Waals surface area contributed by atoms with Crippen LogP contribution in [0.25, 0.3) is 0 Å². The van der Waals surface area contributed by atoms with Gasteiger partial charge in [0.1, 0.15) is 11.6 Å². The number of rotatable bonds is 3. The molecule has 0 N–H and O–H groups in total. The highest BCUT2D eigenvalue weighted by molar-refractivity contribution is 5.91. The van der Waals surface area contributed by atoms with E-state index < -0.39 is 17.0 Å². The molecule has 0 heterocycles. The summed E-state index contributed by atoms with van der Waals surface area (Å²) >= 11 is 0. The van der Waals surface area contributed by atoms with Crippen LogP contribution in [-0.2, 0) is 10.2 Å². The normalized spacial score (nSPS) is 17.0. The predicted octanol–water partition coefficient (Wildman–Crippen LogP) is 2.59. The van der Waals surface area contributed by atoms with E-state index in [4.69, 9.17) is 4.74 Å². The highest BCUT2D eigenvalue weighted by Crippen LogP contribution is 2.52. The van der Waals surface area contributed by atoms with Crippen LogP contribution in [0.1, 0.15) is 25.3 Å². The maximum absolute atomic E-state index is 13.5. The van der Waals surface area contributed by atoms with Gasteiger partial charge in [0.05, 0.1) is 12.5 Å². The van der Waals surface area contributed by atoms with Gasteiger partial charge in [-0.25, -0.2) is 8.78 Å². The van der Waals surface area contributed by atoms with Gasteiger partial charge in [-0.3, -0.25) is 4.79 Å². The fourth-order valence-corrected chi connectivity index (χ4v) is 2.06. The fraction of sp³-hybridized carbons (Fsp3) is 0.417. The van der Waals surface area contributed by atoms with E-state index >= 15 is 0 Å². The maximum Gasteiger partial charge on any atom is 0.168 e. The Hall–Kier alpha value is -1.45. The third-order valence-corrected chi connectivity index (χ3v) is 3.15. The number of Topliss-reactive ketones (excluding diaryl/α,β-unsaturated/α-hetero) is 1. The van der Waals surface area contributed by atoms with Crippen molar-refractivity contribution in [1.82, 2.24) is 0 Å². The van der Waals surface area contributed by atoms with Crippen molar-refractivity contribution in [3.63, 3.8) is 0 Å². The fourth-order valence-electron chi connectivity index (χ4n) is 2.06. The lowest BCUT2D eigenvalue weighted by atomic mass is 9.91. The molecule has 1 aliphatic carbocycles. The summed E-state index contributed by atoms with van der Waals surface area (Å²) in [6, 6.07) is 1.95. The molecule has 0 unspecified atom stereocenters. The molecule has 1 saturated carbocycles. The third kappa shape index (κ3) is 1.49. The van der Waals surface area contributed by atoms with Crippen LogP contribution in [-0.4, -0.2) is 12.9 Å². The van der Waals surface area contributed by atoms with E-state index in [-0.39, 0.29) is 11.5 Å². The summed E-state index contributed by atoms with van der Waals surface area (Å²) in [6.45, 7) is 1.44. The average Bonchev–Trinajstić information content (AvgIpc) is 2.97. The molecule has 0 spiro atoms. The smallest absolute Gasteiger partial charge is 0.168 e. The van der Waals surface area contributed by atoms with Gasteiger partial charge in [-0.1, -0.05) is 0 Å². The Morgan fingerprint density at radius 2 is 2.00 bits per heavy atom. The number of methoxy groups -OCH3 is 1. The zero-order valence-corrected chi connectivity index (χ0v) is 9.14. The largest absolute Gasteiger partial charge is 0.493 e. The molecule has 0 radical (unpaired) electrons. The molecule has 0 saturated heterocycles. The number of hydrogen-bond acceptors (Lipinski definition) is 2. The van der Waals surface area contributed by atoms with E-state index in [1.54, 1.807) is 0 Å². The summed E-state index contributed by atoms with van der Waals surface area (Å²) in [7, 11) is 1.32. The zero-order chi connectivity index (χ0) is 11.9. The molecular formula is C12H12F2O2. The van der Waals surface area contributed by atoms with Crippen LogP contribution in [0.3, 0.4) is 0 Å². The summed E-state index contributed by atoms with van der Waals surface area (Å²) in [5, 5.41) is 0. The minimum atomic E-state index is -0.759. The number of ketones is 1.